The van der Waals surface area contributed by atoms with E-state index in [1.807, 2.05) is 117 Å². The largest absolute Gasteiger partial charge is 0.456 e. The van der Waals surface area contributed by atoms with E-state index in [1.54, 1.807) is 12.3 Å². The van der Waals surface area contributed by atoms with Crippen molar-refractivity contribution in [3.8, 4) is 45.4 Å². The van der Waals surface area contributed by atoms with E-state index in [-0.39, 0.29) is 11.6 Å². The third-order valence-corrected chi connectivity index (χ3v) is 6.91. The molecule has 0 aliphatic rings. The van der Waals surface area contributed by atoms with Crippen molar-refractivity contribution in [1.29, 1.82) is 0 Å². The van der Waals surface area contributed by atoms with Gasteiger partial charge >= 0.3 is 0 Å². The molecule has 0 spiro atoms. The standard InChI is InChI=1S/C37H33NO4/c1-3-5-35(39)30-11-7-26(8-12-30)28-15-19-32(20-16-28)41-34-23-24-37(38-25-34)42-33-21-17-29(18-22-33)27-9-13-31(14-10-27)36(40)6-4-2/h7-25H,3-6H2,1-2H3. The number of carbonyl (C=O) groups excluding carboxylic acids is 2. The smallest absolute Gasteiger partial charge is 0.219 e. The van der Waals surface area contributed by atoms with Crippen molar-refractivity contribution in [2.75, 3.05) is 0 Å². The van der Waals surface area contributed by atoms with Crippen molar-refractivity contribution >= 4 is 11.6 Å². The maximum absolute atomic E-state index is 12.1. The second-order valence-corrected chi connectivity index (χ2v) is 10.1. The highest BCUT2D eigenvalue weighted by atomic mass is 16.5. The average Bonchev–Trinajstić information content (AvgIpc) is 3.03. The minimum Gasteiger partial charge on any atom is -0.456 e. The van der Waals surface area contributed by atoms with Crippen LogP contribution in [-0.2, 0) is 0 Å². The Morgan fingerprint density at radius 3 is 1.26 bits per heavy atom. The molecular weight excluding hydrogens is 522 g/mol. The number of aromatic nitrogens is 1. The molecule has 0 aliphatic carbocycles. The molecule has 0 N–H and O–H groups in total. The van der Waals surface area contributed by atoms with Crippen LogP contribution in [0.1, 0.15) is 60.2 Å². The lowest BCUT2D eigenvalue weighted by Gasteiger charge is -2.09. The van der Waals surface area contributed by atoms with E-state index in [1.165, 1.54) is 0 Å². The molecule has 0 bridgehead atoms. The van der Waals surface area contributed by atoms with Gasteiger partial charge in [-0.05, 0) is 65.4 Å². The van der Waals surface area contributed by atoms with Crippen LogP contribution >= 0.6 is 0 Å². The van der Waals surface area contributed by atoms with E-state index < -0.39 is 0 Å². The van der Waals surface area contributed by atoms with Crippen LogP contribution in [0.3, 0.4) is 0 Å². The topological polar surface area (TPSA) is 65.5 Å². The summed E-state index contributed by atoms with van der Waals surface area (Å²) in [5.74, 6) is 2.79. The summed E-state index contributed by atoms with van der Waals surface area (Å²) in [6.45, 7) is 4.02. The Balaban J connectivity index is 1.16. The Hall–Kier alpha value is -5.03. The first-order valence-electron chi connectivity index (χ1n) is 14.3. The molecule has 5 aromatic rings. The summed E-state index contributed by atoms with van der Waals surface area (Å²) in [6.07, 6.45) is 4.47. The molecule has 0 amide bonds. The summed E-state index contributed by atoms with van der Waals surface area (Å²) in [7, 11) is 0. The predicted octanol–water partition coefficient (Wildman–Crippen LogP) is 9.97. The molecule has 5 heteroatoms. The maximum Gasteiger partial charge on any atom is 0.219 e. The SMILES string of the molecule is CCCC(=O)c1ccc(-c2ccc(Oc3ccc(Oc4ccc(-c5ccc(C(=O)CCC)cc5)cc4)nc3)cc2)cc1. The molecule has 0 unspecified atom stereocenters. The molecule has 4 aromatic carbocycles. The van der Waals surface area contributed by atoms with Gasteiger partial charge < -0.3 is 9.47 Å². The second-order valence-electron chi connectivity index (χ2n) is 10.1. The van der Waals surface area contributed by atoms with Crippen LogP contribution in [0, 0.1) is 0 Å². The monoisotopic (exact) mass is 555 g/mol. The number of nitrogens with zero attached hydrogens (tertiary/aromatic N) is 1. The summed E-state index contributed by atoms with van der Waals surface area (Å²) < 4.78 is 11.9. The second kappa shape index (κ2) is 13.6. The van der Waals surface area contributed by atoms with Crippen molar-refractivity contribution in [3.63, 3.8) is 0 Å². The van der Waals surface area contributed by atoms with Crippen LogP contribution in [0.5, 0.6) is 23.1 Å². The zero-order chi connectivity index (χ0) is 29.3. The number of pyridine rings is 1. The molecular formula is C37H33NO4. The average molecular weight is 556 g/mol. The summed E-state index contributed by atoms with van der Waals surface area (Å²) >= 11 is 0. The molecule has 0 saturated heterocycles. The zero-order valence-corrected chi connectivity index (χ0v) is 23.9. The molecule has 1 aromatic heterocycles. The van der Waals surface area contributed by atoms with Crippen LogP contribution in [-0.4, -0.2) is 16.6 Å². The summed E-state index contributed by atoms with van der Waals surface area (Å²) in [4.78, 5) is 28.6. The fourth-order valence-electron chi connectivity index (χ4n) is 4.62. The quantitative estimate of drug-likeness (QED) is 0.143. The third-order valence-electron chi connectivity index (χ3n) is 6.91. The fourth-order valence-corrected chi connectivity index (χ4v) is 4.62. The molecule has 0 fully saturated rings. The molecule has 42 heavy (non-hydrogen) atoms. The highest BCUT2D eigenvalue weighted by Crippen LogP contribution is 2.29. The number of ketones is 2. The lowest BCUT2D eigenvalue weighted by Crippen LogP contribution is -1.97. The Morgan fingerprint density at radius 2 is 0.881 bits per heavy atom. The molecule has 5 rings (SSSR count). The summed E-state index contributed by atoms with van der Waals surface area (Å²) in [5, 5.41) is 0. The third kappa shape index (κ3) is 7.18. The molecule has 0 aliphatic heterocycles. The first kappa shape index (κ1) is 28.5. The number of hydrogen-bond donors (Lipinski definition) is 0. The number of ether oxygens (including phenoxy) is 2. The predicted molar refractivity (Wildman–Crippen MR) is 167 cm³/mol. The molecule has 1 heterocycles. The van der Waals surface area contributed by atoms with Crippen molar-refractivity contribution in [3.05, 3.63) is 127 Å². The van der Waals surface area contributed by atoms with Crippen LogP contribution in [0.25, 0.3) is 22.3 Å². The lowest BCUT2D eigenvalue weighted by molar-refractivity contribution is 0.0973. The zero-order valence-electron chi connectivity index (χ0n) is 23.9. The van der Waals surface area contributed by atoms with Gasteiger partial charge in [-0.2, -0.15) is 0 Å². The number of carbonyl (C=O) groups is 2. The fraction of sp³-hybridized carbons (Fsp3) is 0.162. The molecule has 0 saturated carbocycles. The highest BCUT2D eigenvalue weighted by Gasteiger charge is 2.08. The Labute approximate surface area is 246 Å². The Bertz CT molecular complexity index is 1500. The van der Waals surface area contributed by atoms with Crippen LogP contribution in [0.2, 0.25) is 0 Å². The number of Topliss-reactive ketones (excluding diaryl/α,β-unsaturated/α-hetero) is 2. The summed E-state index contributed by atoms with van der Waals surface area (Å²) in [6, 6.07) is 34.6. The van der Waals surface area contributed by atoms with Gasteiger partial charge in [0, 0.05) is 30.0 Å². The van der Waals surface area contributed by atoms with Gasteiger partial charge in [0.05, 0.1) is 6.20 Å². The normalized spacial score (nSPS) is 10.7. The van der Waals surface area contributed by atoms with E-state index in [4.69, 9.17) is 9.47 Å². The van der Waals surface area contributed by atoms with E-state index in [2.05, 4.69) is 4.98 Å². The van der Waals surface area contributed by atoms with Gasteiger partial charge in [0.1, 0.15) is 17.2 Å². The Morgan fingerprint density at radius 1 is 0.500 bits per heavy atom. The van der Waals surface area contributed by atoms with Crippen molar-refractivity contribution in [2.45, 2.75) is 39.5 Å². The van der Waals surface area contributed by atoms with Crippen molar-refractivity contribution < 1.29 is 19.1 Å². The minimum atomic E-state index is 0.175. The first-order chi connectivity index (χ1) is 20.5. The van der Waals surface area contributed by atoms with Gasteiger partial charge in [-0.1, -0.05) is 86.6 Å². The molecule has 210 valence electrons. The van der Waals surface area contributed by atoms with Gasteiger partial charge in [0.15, 0.2) is 11.6 Å². The van der Waals surface area contributed by atoms with E-state index >= 15 is 0 Å². The maximum atomic E-state index is 12.1. The van der Waals surface area contributed by atoms with E-state index in [0.717, 1.165) is 46.2 Å². The van der Waals surface area contributed by atoms with E-state index in [0.29, 0.717) is 36.0 Å². The van der Waals surface area contributed by atoms with Crippen molar-refractivity contribution in [1.82, 2.24) is 4.98 Å². The van der Waals surface area contributed by atoms with Gasteiger partial charge in [0.2, 0.25) is 5.88 Å². The first-order valence-corrected chi connectivity index (χ1v) is 14.3. The van der Waals surface area contributed by atoms with Gasteiger partial charge in [-0.3, -0.25) is 9.59 Å². The molecule has 5 nitrogen and oxygen atoms in total. The van der Waals surface area contributed by atoms with Crippen LogP contribution in [0.15, 0.2) is 115 Å². The van der Waals surface area contributed by atoms with Crippen LogP contribution in [0.4, 0.5) is 0 Å². The Kier molecular flexibility index (Phi) is 9.20. The number of benzene rings is 4. The van der Waals surface area contributed by atoms with Gasteiger partial charge in [0.25, 0.3) is 0 Å². The molecule has 0 atom stereocenters. The van der Waals surface area contributed by atoms with Crippen molar-refractivity contribution in [2.24, 2.45) is 0 Å². The minimum absolute atomic E-state index is 0.175. The van der Waals surface area contributed by atoms with Gasteiger partial charge in [-0.25, -0.2) is 4.98 Å². The number of hydrogen-bond acceptors (Lipinski definition) is 5. The van der Waals surface area contributed by atoms with Gasteiger partial charge in [-0.15, -0.1) is 0 Å². The van der Waals surface area contributed by atoms with E-state index in [9.17, 15) is 9.59 Å². The van der Waals surface area contributed by atoms with Crippen LogP contribution < -0.4 is 9.47 Å². The lowest BCUT2D eigenvalue weighted by atomic mass is 10.0. The number of rotatable bonds is 12. The summed E-state index contributed by atoms with van der Waals surface area (Å²) in [5.41, 5.74) is 5.67. The highest BCUT2D eigenvalue weighted by molar-refractivity contribution is 5.97. The molecule has 0 radical (unpaired) electrons.